The lowest BCUT2D eigenvalue weighted by Gasteiger charge is -1.99. The second-order valence-electron chi connectivity index (χ2n) is 3.74. The van der Waals surface area contributed by atoms with Crippen LogP contribution in [0, 0.1) is 0 Å². The summed E-state index contributed by atoms with van der Waals surface area (Å²) in [6.45, 7) is 0. The van der Waals surface area contributed by atoms with Gasteiger partial charge in [-0.2, -0.15) is 5.10 Å². The topological polar surface area (TPSA) is 41.5 Å². The maximum absolute atomic E-state index is 11.7. The number of carbonyl (C=O) groups excluding carboxylic acids is 1. The van der Waals surface area contributed by atoms with Gasteiger partial charge >= 0.3 is 0 Å². The van der Waals surface area contributed by atoms with Crippen molar-refractivity contribution in [1.29, 1.82) is 0 Å². The number of rotatable bonds is 3. The van der Waals surface area contributed by atoms with Crippen LogP contribution in [-0.4, -0.2) is 12.1 Å². The van der Waals surface area contributed by atoms with E-state index in [0.29, 0.717) is 15.6 Å². The number of amides is 1. The van der Waals surface area contributed by atoms with Crippen LogP contribution in [0.4, 0.5) is 0 Å². The van der Waals surface area contributed by atoms with Crippen molar-refractivity contribution >= 4 is 35.3 Å². The number of carbonyl (C=O) groups is 1. The molecule has 0 unspecified atom stereocenters. The highest BCUT2D eigenvalue weighted by Crippen LogP contribution is 2.21. The van der Waals surface area contributed by atoms with Crippen molar-refractivity contribution in [2.45, 2.75) is 0 Å². The van der Waals surface area contributed by atoms with E-state index in [0.717, 1.165) is 5.56 Å². The molecule has 96 valence electrons. The average molecular weight is 293 g/mol. The minimum absolute atomic E-state index is 0.267. The summed E-state index contributed by atoms with van der Waals surface area (Å²) in [5.41, 5.74) is 3.74. The third-order valence-electron chi connectivity index (χ3n) is 2.36. The molecule has 3 nitrogen and oxygen atoms in total. The zero-order valence-electron chi connectivity index (χ0n) is 9.81. The summed E-state index contributed by atoms with van der Waals surface area (Å²) in [4.78, 5) is 11.7. The summed E-state index contributed by atoms with van der Waals surface area (Å²) >= 11 is 11.7. The maximum atomic E-state index is 11.7. The van der Waals surface area contributed by atoms with Crippen molar-refractivity contribution in [2.75, 3.05) is 0 Å². The van der Waals surface area contributed by atoms with Gasteiger partial charge in [-0.1, -0.05) is 47.5 Å². The fraction of sp³-hybridized carbons (Fsp3) is 0. The molecule has 0 spiro atoms. The molecule has 0 heterocycles. The molecule has 1 N–H and O–H groups in total. The van der Waals surface area contributed by atoms with Crippen LogP contribution in [0.25, 0.3) is 0 Å². The van der Waals surface area contributed by atoms with Gasteiger partial charge in [0.1, 0.15) is 0 Å². The fourth-order valence-corrected chi connectivity index (χ4v) is 1.72. The molecule has 0 fully saturated rings. The number of nitrogens with zero attached hydrogens (tertiary/aromatic N) is 1. The third-order valence-corrected chi connectivity index (χ3v) is 3.10. The lowest BCUT2D eigenvalue weighted by Crippen LogP contribution is -2.17. The maximum Gasteiger partial charge on any atom is 0.271 e. The molecule has 0 radical (unpaired) electrons. The van der Waals surface area contributed by atoms with E-state index in [9.17, 15) is 4.79 Å². The first-order chi connectivity index (χ1) is 9.16. The van der Waals surface area contributed by atoms with Gasteiger partial charge in [0, 0.05) is 5.56 Å². The zero-order chi connectivity index (χ0) is 13.7. The van der Waals surface area contributed by atoms with E-state index in [-0.39, 0.29) is 5.91 Å². The van der Waals surface area contributed by atoms with E-state index >= 15 is 0 Å². The normalized spacial score (nSPS) is 10.6. The Morgan fingerprint density at radius 1 is 1.05 bits per heavy atom. The molecule has 5 heteroatoms. The van der Waals surface area contributed by atoms with Crippen LogP contribution in [0.3, 0.4) is 0 Å². The number of hydrogen-bond acceptors (Lipinski definition) is 2. The van der Waals surface area contributed by atoms with Crippen molar-refractivity contribution < 1.29 is 4.79 Å². The lowest BCUT2D eigenvalue weighted by atomic mass is 10.2. The highest BCUT2D eigenvalue weighted by molar-refractivity contribution is 6.42. The van der Waals surface area contributed by atoms with Gasteiger partial charge in [-0.25, -0.2) is 5.43 Å². The molecular weight excluding hydrogens is 283 g/mol. The average Bonchev–Trinajstić information content (AvgIpc) is 2.43. The van der Waals surface area contributed by atoms with Gasteiger partial charge in [0.15, 0.2) is 0 Å². The number of benzene rings is 2. The van der Waals surface area contributed by atoms with Gasteiger partial charge in [0.25, 0.3) is 5.91 Å². The summed E-state index contributed by atoms with van der Waals surface area (Å²) in [5.74, 6) is -0.267. The first-order valence-electron chi connectivity index (χ1n) is 5.50. The second kappa shape index (κ2) is 6.36. The molecule has 19 heavy (non-hydrogen) atoms. The lowest BCUT2D eigenvalue weighted by molar-refractivity contribution is 0.0955. The highest BCUT2D eigenvalue weighted by Gasteiger charge is 2.01. The largest absolute Gasteiger partial charge is 0.271 e. The van der Waals surface area contributed by atoms with E-state index in [1.54, 1.807) is 42.5 Å². The molecular formula is C14H10Cl2N2O. The summed E-state index contributed by atoms with van der Waals surface area (Å²) in [5, 5.41) is 4.79. The SMILES string of the molecule is O=C(NN=Cc1ccc(Cl)c(Cl)c1)c1ccccc1. The van der Waals surface area contributed by atoms with Gasteiger partial charge in [0.05, 0.1) is 16.3 Å². The Labute approximate surface area is 120 Å². The quantitative estimate of drug-likeness (QED) is 0.679. The Kier molecular flexibility index (Phi) is 4.55. The second-order valence-corrected chi connectivity index (χ2v) is 4.55. The molecule has 0 aliphatic heterocycles. The number of hydrazone groups is 1. The minimum atomic E-state index is -0.267. The molecule has 2 aromatic rings. The van der Waals surface area contributed by atoms with Gasteiger partial charge in [-0.05, 0) is 29.8 Å². The van der Waals surface area contributed by atoms with E-state index in [1.807, 2.05) is 6.07 Å². The smallest absolute Gasteiger partial charge is 0.267 e. The molecule has 0 aliphatic rings. The van der Waals surface area contributed by atoms with Crippen molar-refractivity contribution in [2.24, 2.45) is 5.10 Å². The fourth-order valence-electron chi connectivity index (χ4n) is 1.41. The van der Waals surface area contributed by atoms with Gasteiger partial charge < -0.3 is 0 Å². The number of nitrogens with one attached hydrogen (secondary N) is 1. The molecule has 0 aliphatic carbocycles. The molecule has 0 saturated heterocycles. The van der Waals surface area contributed by atoms with Crippen LogP contribution in [0.1, 0.15) is 15.9 Å². The Morgan fingerprint density at radius 2 is 1.79 bits per heavy atom. The monoisotopic (exact) mass is 292 g/mol. The summed E-state index contributed by atoms with van der Waals surface area (Å²) < 4.78 is 0. The first kappa shape index (κ1) is 13.6. The van der Waals surface area contributed by atoms with Gasteiger partial charge in [-0.15, -0.1) is 0 Å². The predicted molar refractivity (Wildman–Crippen MR) is 78.0 cm³/mol. The Hall–Kier alpha value is -1.84. The number of hydrogen-bond donors (Lipinski definition) is 1. The van der Waals surface area contributed by atoms with Crippen LogP contribution in [0.15, 0.2) is 53.6 Å². The van der Waals surface area contributed by atoms with Crippen molar-refractivity contribution in [3.05, 3.63) is 69.7 Å². The van der Waals surface area contributed by atoms with Crippen LogP contribution < -0.4 is 5.43 Å². The van der Waals surface area contributed by atoms with Crippen LogP contribution >= 0.6 is 23.2 Å². The van der Waals surface area contributed by atoms with E-state index in [1.165, 1.54) is 6.21 Å². The Balaban J connectivity index is 2.00. The van der Waals surface area contributed by atoms with E-state index in [4.69, 9.17) is 23.2 Å². The third kappa shape index (κ3) is 3.81. The van der Waals surface area contributed by atoms with Crippen LogP contribution in [0.5, 0.6) is 0 Å². The first-order valence-corrected chi connectivity index (χ1v) is 6.26. The minimum Gasteiger partial charge on any atom is -0.267 e. The molecule has 0 saturated carbocycles. The zero-order valence-corrected chi connectivity index (χ0v) is 11.3. The van der Waals surface area contributed by atoms with Gasteiger partial charge in [-0.3, -0.25) is 4.79 Å². The Morgan fingerprint density at radius 3 is 2.47 bits per heavy atom. The van der Waals surface area contributed by atoms with E-state index in [2.05, 4.69) is 10.5 Å². The standard InChI is InChI=1S/C14H10Cl2N2O/c15-12-7-6-10(8-13(12)16)9-17-18-14(19)11-4-2-1-3-5-11/h1-9H,(H,18,19). The van der Waals surface area contributed by atoms with Crippen molar-refractivity contribution in [3.8, 4) is 0 Å². The highest BCUT2D eigenvalue weighted by atomic mass is 35.5. The van der Waals surface area contributed by atoms with Crippen LogP contribution in [0.2, 0.25) is 10.0 Å². The van der Waals surface area contributed by atoms with Crippen LogP contribution in [-0.2, 0) is 0 Å². The molecule has 0 aromatic heterocycles. The number of halogens is 2. The van der Waals surface area contributed by atoms with Crippen molar-refractivity contribution in [1.82, 2.24) is 5.43 Å². The summed E-state index contributed by atoms with van der Waals surface area (Å²) in [7, 11) is 0. The summed E-state index contributed by atoms with van der Waals surface area (Å²) in [6.07, 6.45) is 1.50. The molecule has 1 amide bonds. The molecule has 2 rings (SSSR count). The van der Waals surface area contributed by atoms with Crippen molar-refractivity contribution in [3.63, 3.8) is 0 Å². The van der Waals surface area contributed by atoms with E-state index < -0.39 is 0 Å². The molecule has 0 bridgehead atoms. The predicted octanol–water partition coefficient (Wildman–Crippen LogP) is 3.76. The summed E-state index contributed by atoms with van der Waals surface area (Å²) in [6, 6.07) is 13.9. The molecule has 0 atom stereocenters. The van der Waals surface area contributed by atoms with Gasteiger partial charge in [0.2, 0.25) is 0 Å². The molecule has 2 aromatic carbocycles. The Bertz CT molecular complexity index is 612.